The van der Waals surface area contributed by atoms with Crippen LogP contribution in [0.4, 0.5) is 0 Å². The zero-order valence-electron chi connectivity index (χ0n) is 12.7. The molecule has 0 rings (SSSR count). The number of ketones is 1. The van der Waals surface area contributed by atoms with E-state index < -0.39 is 59.8 Å². The molecule has 0 aliphatic rings. The molecular weight excluding hydrogens is 312 g/mol. The van der Waals surface area contributed by atoms with Crippen molar-refractivity contribution in [2.24, 2.45) is 5.92 Å². The Hall–Kier alpha value is -1.61. The number of carboxylic acids is 2. The average molecular weight is 334 g/mol. The Kier molecular flexibility index (Phi) is 8.73. The second-order valence-corrected chi connectivity index (χ2v) is 5.98. The fourth-order valence-electron chi connectivity index (χ4n) is 1.77. The molecule has 0 aliphatic heterocycles. The molecule has 0 radical (unpaired) electrons. The van der Waals surface area contributed by atoms with Gasteiger partial charge in [0.05, 0.1) is 24.9 Å². The number of carboxylic acid groups (broad SMARTS) is 2. The molecule has 0 fully saturated rings. The molecule has 3 unspecified atom stereocenters. The lowest BCUT2D eigenvalue weighted by atomic mass is 9.98. The molecule has 0 bridgehead atoms. The monoisotopic (exact) mass is 334 g/mol. The number of aliphatic carboxylic acids is 2. The summed E-state index contributed by atoms with van der Waals surface area (Å²) in [6, 6.07) is -2.31. The highest BCUT2D eigenvalue weighted by Gasteiger charge is 2.29. The molecule has 0 aliphatic carbocycles. The van der Waals surface area contributed by atoms with Crippen LogP contribution in [0.25, 0.3) is 0 Å². The van der Waals surface area contributed by atoms with Gasteiger partial charge in [-0.3, -0.25) is 24.5 Å². The van der Waals surface area contributed by atoms with Gasteiger partial charge in [0.1, 0.15) is 0 Å². The molecule has 126 valence electrons. The van der Waals surface area contributed by atoms with Crippen LogP contribution in [0.15, 0.2) is 0 Å². The van der Waals surface area contributed by atoms with Crippen LogP contribution in [0, 0.1) is 5.92 Å². The van der Waals surface area contributed by atoms with Crippen LogP contribution in [0.1, 0.15) is 33.6 Å². The summed E-state index contributed by atoms with van der Waals surface area (Å²) >= 11 is 4.03. The first kappa shape index (κ1) is 20.4. The fourth-order valence-corrected chi connectivity index (χ4v) is 1.95. The number of hydrogen-bond donors (Lipinski definition) is 5. The summed E-state index contributed by atoms with van der Waals surface area (Å²) in [7, 11) is 0. The molecule has 0 spiro atoms. The second kappa shape index (κ2) is 9.42. The number of Topliss-reactive ketones (excluding diaryl/α,β-unsaturated/α-hetero) is 1. The van der Waals surface area contributed by atoms with Gasteiger partial charge in [-0.15, -0.1) is 0 Å². The maximum atomic E-state index is 12.1. The third-order valence-corrected chi connectivity index (χ3v) is 2.89. The van der Waals surface area contributed by atoms with Crippen LogP contribution in [-0.4, -0.2) is 51.3 Å². The van der Waals surface area contributed by atoms with E-state index in [1.165, 1.54) is 0 Å². The summed E-state index contributed by atoms with van der Waals surface area (Å²) in [6.07, 6.45) is -1.06. The largest absolute Gasteiger partial charge is 0.481 e. The number of thiol groups is 1. The highest BCUT2D eigenvalue weighted by Crippen LogP contribution is 2.06. The summed E-state index contributed by atoms with van der Waals surface area (Å²) in [5.74, 6) is -4.07. The van der Waals surface area contributed by atoms with E-state index in [0.717, 1.165) is 0 Å². The number of hydrogen-bond acceptors (Lipinski definition) is 6. The molecule has 22 heavy (non-hydrogen) atoms. The van der Waals surface area contributed by atoms with Crippen molar-refractivity contribution in [3.63, 3.8) is 0 Å². The summed E-state index contributed by atoms with van der Waals surface area (Å²) in [5, 5.41) is 22.2. The van der Waals surface area contributed by atoms with Crippen molar-refractivity contribution >= 4 is 36.3 Å². The Labute approximate surface area is 134 Å². The third-order valence-electron chi connectivity index (χ3n) is 2.75. The van der Waals surface area contributed by atoms with Gasteiger partial charge < -0.3 is 15.5 Å². The third kappa shape index (κ3) is 7.99. The molecule has 0 saturated heterocycles. The molecule has 0 aromatic carbocycles. The van der Waals surface area contributed by atoms with Crippen molar-refractivity contribution in [1.29, 1.82) is 0 Å². The Morgan fingerprint density at radius 2 is 1.41 bits per heavy atom. The van der Waals surface area contributed by atoms with E-state index in [0.29, 0.717) is 0 Å². The number of carbonyl (C=O) groups is 4. The van der Waals surface area contributed by atoms with Crippen molar-refractivity contribution in [3.8, 4) is 0 Å². The molecule has 3 atom stereocenters. The number of amides is 1. The van der Waals surface area contributed by atoms with Gasteiger partial charge >= 0.3 is 11.9 Å². The van der Waals surface area contributed by atoms with E-state index in [1.807, 2.05) is 0 Å². The predicted octanol–water partition coefficient (Wildman–Crippen LogP) is -0.120. The van der Waals surface area contributed by atoms with E-state index in [1.54, 1.807) is 20.8 Å². The van der Waals surface area contributed by atoms with Crippen molar-refractivity contribution in [2.45, 2.75) is 51.1 Å². The van der Waals surface area contributed by atoms with E-state index >= 15 is 0 Å². The Morgan fingerprint density at radius 3 is 1.77 bits per heavy atom. The molecule has 0 saturated carbocycles. The topological polar surface area (TPSA) is 133 Å². The first-order valence-electron chi connectivity index (χ1n) is 6.76. The quantitative estimate of drug-likeness (QED) is 0.278. The summed E-state index contributed by atoms with van der Waals surface area (Å²) in [6.45, 7) is 4.79. The minimum atomic E-state index is -1.23. The van der Waals surface area contributed by atoms with Gasteiger partial charge in [-0.2, -0.15) is 12.6 Å². The predicted molar refractivity (Wildman–Crippen MR) is 81.7 cm³/mol. The first-order chi connectivity index (χ1) is 10.0. The molecule has 9 heteroatoms. The van der Waals surface area contributed by atoms with E-state index in [2.05, 4.69) is 23.3 Å². The van der Waals surface area contributed by atoms with Crippen molar-refractivity contribution < 1.29 is 29.4 Å². The van der Waals surface area contributed by atoms with Crippen LogP contribution in [0.3, 0.4) is 0 Å². The maximum Gasteiger partial charge on any atom is 0.305 e. The molecule has 0 aromatic rings. The normalized spacial score (nSPS) is 15.0. The lowest BCUT2D eigenvalue weighted by Crippen LogP contribution is -2.53. The SMILES string of the molecule is CC(S)NC(CC(=O)O)C(=O)NC(CC(=O)O)C(=O)C(C)C. The van der Waals surface area contributed by atoms with Crippen LogP contribution in [0.5, 0.6) is 0 Å². The molecule has 1 amide bonds. The van der Waals surface area contributed by atoms with Gasteiger partial charge in [0.15, 0.2) is 5.78 Å². The number of rotatable bonds is 10. The van der Waals surface area contributed by atoms with Crippen LogP contribution >= 0.6 is 12.6 Å². The minimum Gasteiger partial charge on any atom is -0.481 e. The summed E-state index contributed by atoms with van der Waals surface area (Å²) < 4.78 is 0. The summed E-state index contributed by atoms with van der Waals surface area (Å²) in [5.41, 5.74) is 0. The molecular formula is C13H22N2O6S. The van der Waals surface area contributed by atoms with Gasteiger partial charge in [0.2, 0.25) is 5.91 Å². The highest BCUT2D eigenvalue weighted by atomic mass is 32.1. The van der Waals surface area contributed by atoms with Crippen LogP contribution < -0.4 is 10.6 Å². The fraction of sp³-hybridized carbons (Fsp3) is 0.692. The zero-order valence-corrected chi connectivity index (χ0v) is 13.6. The Bertz CT molecular complexity index is 438. The van der Waals surface area contributed by atoms with Crippen molar-refractivity contribution in [2.75, 3.05) is 0 Å². The van der Waals surface area contributed by atoms with E-state index in [9.17, 15) is 19.2 Å². The average Bonchev–Trinajstić information content (AvgIpc) is 2.34. The summed E-state index contributed by atoms with van der Waals surface area (Å²) in [4.78, 5) is 45.7. The van der Waals surface area contributed by atoms with E-state index in [4.69, 9.17) is 10.2 Å². The second-order valence-electron chi connectivity index (χ2n) is 5.21. The van der Waals surface area contributed by atoms with Crippen LogP contribution in [-0.2, 0) is 19.2 Å². The van der Waals surface area contributed by atoms with Gasteiger partial charge in [0.25, 0.3) is 0 Å². The van der Waals surface area contributed by atoms with Gasteiger partial charge in [0, 0.05) is 11.3 Å². The Balaban J connectivity index is 5.04. The highest BCUT2D eigenvalue weighted by molar-refractivity contribution is 7.80. The van der Waals surface area contributed by atoms with Gasteiger partial charge in [-0.25, -0.2) is 0 Å². The van der Waals surface area contributed by atoms with Gasteiger partial charge in [-0.1, -0.05) is 13.8 Å². The molecule has 0 heterocycles. The minimum absolute atomic E-state index is 0.427. The molecule has 8 nitrogen and oxygen atoms in total. The zero-order chi connectivity index (χ0) is 17.4. The van der Waals surface area contributed by atoms with Crippen LogP contribution in [0.2, 0.25) is 0 Å². The lowest BCUT2D eigenvalue weighted by Gasteiger charge is -2.23. The lowest BCUT2D eigenvalue weighted by molar-refractivity contribution is -0.142. The first-order valence-corrected chi connectivity index (χ1v) is 7.28. The van der Waals surface area contributed by atoms with Crippen molar-refractivity contribution in [3.05, 3.63) is 0 Å². The maximum absolute atomic E-state index is 12.1. The number of carbonyl (C=O) groups excluding carboxylic acids is 2. The Morgan fingerprint density at radius 1 is 0.955 bits per heavy atom. The smallest absolute Gasteiger partial charge is 0.305 e. The van der Waals surface area contributed by atoms with Gasteiger partial charge in [-0.05, 0) is 6.92 Å². The molecule has 4 N–H and O–H groups in total. The standard InChI is InChI=1S/C13H22N2O6S/c1-6(2)12(20)8(4-10(16)17)15-13(21)9(5-11(18)19)14-7(3)22/h6-9,14,22H,4-5H2,1-3H3,(H,15,21)(H,16,17)(H,18,19). The number of nitrogens with one attached hydrogen (secondary N) is 2. The van der Waals surface area contributed by atoms with Crippen molar-refractivity contribution in [1.82, 2.24) is 10.6 Å². The van der Waals surface area contributed by atoms with E-state index in [-0.39, 0.29) is 0 Å². The molecule has 0 aromatic heterocycles.